The van der Waals surface area contributed by atoms with Crippen LogP contribution in [0.5, 0.6) is 5.75 Å². The maximum absolute atomic E-state index is 11.4. The van der Waals surface area contributed by atoms with Crippen molar-refractivity contribution in [2.24, 2.45) is 9.98 Å². The second kappa shape index (κ2) is 7.73. The summed E-state index contributed by atoms with van der Waals surface area (Å²) in [6, 6.07) is 5.02. The Hall–Kier alpha value is -2.63. The van der Waals surface area contributed by atoms with Crippen LogP contribution in [0.2, 0.25) is 0 Å². The number of nitrogens with zero attached hydrogens (tertiary/aromatic N) is 2. The van der Waals surface area contributed by atoms with Gasteiger partial charge in [0.1, 0.15) is 12.4 Å². The first-order chi connectivity index (χ1) is 9.65. The Kier molecular flexibility index (Phi) is 5.96. The molecule has 0 amide bonds. The fraction of sp³-hybridized carbons (Fsp3) is 0.214. The Balaban J connectivity index is 2.90. The SMILES string of the molecule is C=CN=C(N=C)OCc1ccc(C(=O)OC)cc1OC. The molecule has 0 fully saturated rings. The molecular weight excluding hydrogens is 260 g/mol. The summed E-state index contributed by atoms with van der Waals surface area (Å²) in [5, 5.41) is 0. The highest BCUT2D eigenvalue weighted by molar-refractivity contribution is 5.90. The third-order valence-electron chi connectivity index (χ3n) is 2.40. The van der Waals surface area contributed by atoms with E-state index >= 15 is 0 Å². The highest BCUT2D eigenvalue weighted by atomic mass is 16.5. The molecule has 1 aromatic rings. The first kappa shape index (κ1) is 15.4. The summed E-state index contributed by atoms with van der Waals surface area (Å²) in [5.74, 6) is 0.0763. The summed E-state index contributed by atoms with van der Waals surface area (Å²) in [6.45, 7) is 6.96. The Labute approximate surface area is 117 Å². The lowest BCUT2D eigenvalue weighted by Gasteiger charge is -2.10. The minimum Gasteiger partial charge on any atom is -0.496 e. The van der Waals surface area contributed by atoms with Gasteiger partial charge in [-0.1, -0.05) is 12.6 Å². The van der Waals surface area contributed by atoms with Gasteiger partial charge in [0.15, 0.2) is 0 Å². The molecule has 0 saturated heterocycles. The zero-order valence-electron chi connectivity index (χ0n) is 11.5. The molecule has 6 nitrogen and oxygen atoms in total. The van der Waals surface area contributed by atoms with E-state index in [0.29, 0.717) is 11.3 Å². The van der Waals surface area contributed by atoms with Crippen molar-refractivity contribution < 1.29 is 19.0 Å². The van der Waals surface area contributed by atoms with Gasteiger partial charge in [0, 0.05) is 11.8 Å². The molecule has 6 heteroatoms. The van der Waals surface area contributed by atoms with E-state index in [-0.39, 0.29) is 12.6 Å². The summed E-state index contributed by atoms with van der Waals surface area (Å²) in [5.41, 5.74) is 1.13. The molecule has 1 rings (SSSR count). The smallest absolute Gasteiger partial charge is 0.337 e. The summed E-state index contributed by atoms with van der Waals surface area (Å²) < 4.78 is 15.2. The molecule has 0 aliphatic rings. The molecular formula is C14H16N2O4. The van der Waals surface area contributed by atoms with Crippen LogP contribution in [0.15, 0.2) is 41.0 Å². The number of esters is 1. The van der Waals surface area contributed by atoms with Crippen LogP contribution in [-0.2, 0) is 16.1 Å². The summed E-state index contributed by atoms with van der Waals surface area (Å²) in [7, 11) is 2.82. The van der Waals surface area contributed by atoms with Gasteiger partial charge < -0.3 is 14.2 Å². The molecule has 0 aliphatic carbocycles. The number of hydrogen-bond acceptors (Lipinski definition) is 5. The van der Waals surface area contributed by atoms with E-state index in [2.05, 4.69) is 28.0 Å². The quantitative estimate of drug-likeness (QED) is 0.469. The average Bonchev–Trinajstić information content (AvgIpc) is 2.50. The highest BCUT2D eigenvalue weighted by Crippen LogP contribution is 2.21. The summed E-state index contributed by atoms with van der Waals surface area (Å²) >= 11 is 0. The molecule has 0 N–H and O–H groups in total. The number of carbonyl (C=O) groups excluding carboxylic acids is 1. The standard InChI is InChI=1S/C14H16N2O4/c1-5-16-14(15-2)20-9-11-7-6-10(13(17)19-4)8-12(11)18-3/h5-8H,1-2,9H2,3-4H3. The van der Waals surface area contributed by atoms with Gasteiger partial charge in [0.05, 0.1) is 19.8 Å². The zero-order chi connectivity index (χ0) is 15.0. The molecule has 0 aliphatic heterocycles. The van der Waals surface area contributed by atoms with Crippen LogP contribution in [-0.4, -0.2) is 32.9 Å². The van der Waals surface area contributed by atoms with E-state index in [0.717, 1.165) is 5.56 Å². The van der Waals surface area contributed by atoms with Gasteiger partial charge in [-0.3, -0.25) is 0 Å². The number of aliphatic imine (C=N–C) groups is 2. The minimum absolute atomic E-state index is 0.110. The van der Waals surface area contributed by atoms with E-state index in [1.807, 2.05) is 0 Å². The number of rotatable bonds is 5. The van der Waals surface area contributed by atoms with Crippen molar-refractivity contribution in [3.63, 3.8) is 0 Å². The normalized spacial score (nSPS) is 10.6. The molecule has 106 valence electrons. The Morgan fingerprint density at radius 1 is 1.40 bits per heavy atom. The van der Waals surface area contributed by atoms with Gasteiger partial charge in [-0.05, 0) is 18.9 Å². The third kappa shape index (κ3) is 3.94. The topological polar surface area (TPSA) is 69.5 Å². The monoisotopic (exact) mass is 276 g/mol. The lowest BCUT2D eigenvalue weighted by atomic mass is 10.1. The van der Waals surface area contributed by atoms with E-state index in [9.17, 15) is 4.79 Å². The van der Waals surface area contributed by atoms with Gasteiger partial charge >= 0.3 is 12.0 Å². The summed E-state index contributed by atoms with van der Waals surface area (Å²) in [6.07, 6.45) is 1.31. The lowest BCUT2D eigenvalue weighted by Crippen LogP contribution is -2.05. The second-order valence-corrected chi connectivity index (χ2v) is 3.56. The van der Waals surface area contributed by atoms with Crippen LogP contribution in [0.4, 0.5) is 0 Å². The lowest BCUT2D eigenvalue weighted by molar-refractivity contribution is 0.0600. The van der Waals surface area contributed by atoms with Crippen molar-refractivity contribution in [3.8, 4) is 5.75 Å². The Morgan fingerprint density at radius 3 is 2.70 bits per heavy atom. The van der Waals surface area contributed by atoms with Crippen LogP contribution >= 0.6 is 0 Å². The molecule has 0 aromatic heterocycles. The molecule has 20 heavy (non-hydrogen) atoms. The van der Waals surface area contributed by atoms with Gasteiger partial charge in [0.25, 0.3) is 0 Å². The number of benzene rings is 1. The van der Waals surface area contributed by atoms with Crippen molar-refractivity contribution in [3.05, 3.63) is 42.1 Å². The van der Waals surface area contributed by atoms with Crippen LogP contribution in [0, 0.1) is 0 Å². The molecule has 0 heterocycles. The van der Waals surface area contributed by atoms with Crippen molar-refractivity contribution in [2.45, 2.75) is 6.61 Å². The van der Waals surface area contributed by atoms with Crippen molar-refractivity contribution in [2.75, 3.05) is 14.2 Å². The number of hydrogen-bond donors (Lipinski definition) is 0. The Bertz CT molecular complexity index is 538. The van der Waals surface area contributed by atoms with Crippen LogP contribution in [0.1, 0.15) is 15.9 Å². The Morgan fingerprint density at radius 2 is 2.15 bits per heavy atom. The number of ether oxygens (including phenoxy) is 3. The van der Waals surface area contributed by atoms with Crippen molar-refractivity contribution in [1.29, 1.82) is 0 Å². The van der Waals surface area contributed by atoms with Gasteiger partial charge in [-0.15, -0.1) is 0 Å². The van der Waals surface area contributed by atoms with Crippen LogP contribution < -0.4 is 4.74 Å². The van der Waals surface area contributed by atoms with E-state index in [1.165, 1.54) is 20.4 Å². The van der Waals surface area contributed by atoms with E-state index < -0.39 is 5.97 Å². The number of methoxy groups -OCH3 is 2. The minimum atomic E-state index is -0.433. The van der Waals surface area contributed by atoms with Crippen molar-refractivity contribution >= 4 is 18.7 Å². The van der Waals surface area contributed by atoms with E-state index in [4.69, 9.17) is 9.47 Å². The largest absolute Gasteiger partial charge is 0.496 e. The van der Waals surface area contributed by atoms with Crippen LogP contribution in [0.25, 0.3) is 0 Å². The predicted molar refractivity (Wildman–Crippen MR) is 76.3 cm³/mol. The average molecular weight is 276 g/mol. The molecule has 0 atom stereocenters. The molecule has 1 aromatic carbocycles. The number of carbonyl (C=O) groups is 1. The zero-order valence-corrected chi connectivity index (χ0v) is 11.5. The van der Waals surface area contributed by atoms with Gasteiger partial charge in [0.2, 0.25) is 0 Å². The highest BCUT2D eigenvalue weighted by Gasteiger charge is 2.11. The molecule has 0 spiro atoms. The van der Waals surface area contributed by atoms with Crippen molar-refractivity contribution in [1.82, 2.24) is 0 Å². The van der Waals surface area contributed by atoms with E-state index in [1.54, 1.807) is 18.2 Å². The maximum Gasteiger partial charge on any atom is 0.337 e. The predicted octanol–water partition coefficient (Wildman–Crippen LogP) is 2.20. The molecule has 0 saturated carbocycles. The first-order valence-electron chi connectivity index (χ1n) is 5.69. The molecule has 0 unspecified atom stereocenters. The second-order valence-electron chi connectivity index (χ2n) is 3.56. The fourth-order valence-electron chi connectivity index (χ4n) is 1.45. The van der Waals surface area contributed by atoms with Crippen LogP contribution in [0.3, 0.4) is 0 Å². The maximum atomic E-state index is 11.4. The molecule has 0 radical (unpaired) electrons. The molecule has 0 bridgehead atoms. The first-order valence-corrected chi connectivity index (χ1v) is 5.69. The summed E-state index contributed by atoms with van der Waals surface area (Å²) in [4.78, 5) is 18.8. The third-order valence-corrected chi connectivity index (χ3v) is 2.40. The van der Waals surface area contributed by atoms with Gasteiger partial charge in [-0.25, -0.2) is 14.8 Å². The number of amidine groups is 1. The fourth-order valence-corrected chi connectivity index (χ4v) is 1.45. The van der Waals surface area contributed by atoms with Gasteiger partial charge in [-0.2, -0.15) is 0 Å².